The molecule has 6 rings (SSSR count). The van der Waals surface area contributed by atoms with Crippen molar-refractivity contribution in [3.63, 3.8) is 0 Å². The average molecular weight is 775 g/mol. The molecule has 0 saturated carbocycles. The quantitative estimate of drug-likeness (QED) is 0.124. The Morgan fingerprint density at radius 2 is 1.24 bits per heavy atom. The molecule has 1 aliphatic heterocycles. The first-order chi connectivity index (χ1) is 23.5. The van der Waals surface area contributed by atoms with Crippen LogP contribution in [-0.2, 0) is 13.1 Å². The number of piperidine rings is 1. The normalized spacial score (nSPS) is 12.8. The Morgan fingerprint density at radius 3 is 1.80 bits per heavy atom. The van der Waals surface area contributed by atoms with E-state index in [1.807, 2.05) is 60.9 Å². The van der Waals surface area contributed by atoms with E-state index in [0.717, 1.165) is 72.3 Å². The van der Waals surface area contributed by atoms with Gasteiger partial charge in [0.05, 0.1) is 39.8 Å². The molecule has 2 aromatic heterocycles. The summed E-state index contributed by atoms with van der Waals surface area (Å²) in [6.07, 6.45) is 5.87. The summed E-state index contributed by atoms with van der Waals surface area (Å²) in [6, 6.07) is 29.0. The standard InChI is InChI=1S/C39H41ClN4O4.3ClH/c1-45-34-11-9-32(10-12-34)44(26-28-14-18-41-35(22-28)29-5-7-31(40)8-6-29)33-15-19-43(20-16-33)25-27-13-17-42-36(21-27)30-23-37(46-2)39(48-4)38(24-30)47-3;;;/h5-14,17-18,21-24,33H,15-16,19-20,25-26H2,1-4H3;3*1H. The molecule has 0 N–H and O–H groups in total. The van der Waals surface area contributed by atoms with E-state index in [2.05, 4.69) is 56.2 Å². The van der Waals surface area contributed by atoms with Gasteiger partial charge in [-0.25, -0.2) is 0 Å². The maximum absolute atomic E-state index is 6.14. The molecule has 0 spiro atoms. The van der Waals surface area contributed by atoms with Crippen LogP contribution in [0.25, 0.3) is 22.5 Å². The zero-order valence-electron chi connectivity index (χ0n) is 29.1. The molecule has 0 radical (unpaired) electrons. The van der Waals surface area contributed by atoms with Crippen molar-refractivity contribution in [3.05, 3.63) is 113 Å². The van der Waals surface area contributed by atoms with Crippen molar-refractivity contribution >= 4 is 54.5 Å². The first kappa shape index (κ1) is 41.5. The lowest BCUT2D eigenvalue weighted by Crippen LogP contribution is -2.44. The maximum Gasteiger partial charge on any atom is 0.203 e. The molecule has 1 aliphatic rings. The number of methoxy groups -OCH3 is 4. The summed E-state index contributed by atoms with van der Waals surface area (Å²) in [5.41, 5.74) is 7.38. The molecule has 8 nitrogen and oxygen atoms in total. The van der Waals surface area contributed by atoms with Gasteiger partial charge in [-0.2, -0.15) is 0 Å². The summed E-state index contributed by atoms with van der Waals surface area (Å²) < 4.78 is 22.1. The Morgan fingerprint density at radius 1 is 0.667 bits per heavy atom. The van der Waals surface area contributed by atoms with Gasteiger partial charge in [0.2, 0.25) is 5.75 Å². The Kier molecular flexibility index (Phi) is 16.0. The van der Waals surface area contributed by atoms with Crippen LogP contribution in [0.2, 0.25) is 5.02 Å². The summed E-state index contributed by atoms with van der Waals surface area (Å²) in [6.45, 7) is 3.61. The van der Waals surface area contributed by atoms with Gasteiger partial charge in [0.15, 0.2) is 11.5 Å². The number of likely N-dealkylation sites (tertiary alicyclic amines) is 1. The van der Waals surface area contributed by atoms with Crippen LogP contribution >= 0.6 is 48.8 Å². The van der Waals surface area contributed by atoms with E-state index in [9.17, 15) is 0 Å². The maximum atomic E-state index is 6.14. The fourth-order valence-corrected chi connectivity index (χ4v) is 6.49. The van der Waals surface area contributed by atoms with Gasteiger partial charge in [-0.3, -0.25) is 14.9 Å². The molecule has 3 heterocycles. The Bertz CT molecular complexity index is 1800. The Balaban J connectivity index is 0.00000234. The summed E-state index contributed by atoms with van der Waals surface area (Å²) in [5, 5.41) is 0.717. The van der Waals surface area contributed by atoms with Crippen LogP contribution in [0.15, 0.2) is 97.3 Å². The van der Waals surface area contributed by atoms with Crippen LogP contribution in [0.5, 0.6) is 23.0 Å². The molecule has 0 aliphatic carbocycles. The van der Waals surface area contributed by atoms with Crippen molar-refractivity contribution in [3.8, 4) is 45.5 Å². The summed E-state index contributed by atoms with van der Waals surface area (Å²) >= 11 is 6.14. The number of pyridine rings is 2. The zero-order chi connectivity index (χ0) is 33.5. The highest BCUT2D eigenvalue weighted by Crippen LogP contribution is 2.41. The van der Waals surface area contributed by atoms with Gasteiger partial charge in [0.25, 0.3) is 0 Å². The second-order valence-corrected chi connectivity index (χ2v) is 12.3. The van der Waals surface area contributed by atoms with Crippen LogP contribution in [0.3, 0.4) is 0 Å². The number of ether oxygens (including phenoxy) is 4. The molecule has 1 fully saturated rings. The predicted octanol–water partition coefficient (Wildman–Crippen LogP) is 9.43. The molecule has 51 heavy (non-hydrogen) atoms. The molecule has 3 aromatic carbocycles. The minimum Gasteiger partial charge on any atom is -0.497 e. The number of aromatic nitrogens is 2. The van der Waals surface area contributed by atoms with Gasteiger partial charge in [-0.15, -0.1) is 37.2 Å². The first-order valence-electron chi connectivity index (χ1n) is 16.1. The van der Waals surface area contributed by atoms with Crippen molar-refractivity contribution < 1.29 is 18.9 Å². The Hall–Kier alpha value is -3.92. The van der Waals surface area contributed by atoms with Gasteiger partial charge < -0.3 is 23.8 Å². The van der Waals surface area contributed by atoms with Crippen molar-refractivity contribution in [2.24, 2.45) is 0 Å². The number of hydrogen-bond acceptors (Lipinski definition) is 8. The topological polar surface area (TPSA) is 69.2 Å². The van der Waals surface area contributed by atoms with E-state index in [1.54, 1.807) is 28.4 Å². The summed E-state index contributed by atoms with van der Waals surface area (Å²) in [4.78, 5) is 14.4. The van der Waals surface area contributed by atoms with Gasteiger partial charge in [0, 0.05) is 66.5 Å². The fourth-order valence-electron chi connectivity index (χ4n) is 6.36. The van der Waals surface area contributed by atoms with Crippen LogP contribution in [-0.4, -0.2) is 62.4 Å². The van der Waals surface area contributed by atoms with Gasteiger partial charge in [0.1, 0.15) is 5.75 Å². The van der Waals surface area contributed by atoms with Crippen molar-refractivity contribution in [1.82, 2.24) is 14.9 Å². The predicted molar refractivity (Wildman–Crippen MR) is 213 cm³/mol. The van der Waals surface area contributed by atoms with E-state index in [0.29, 0.717) is 23.3 Å². The number of nitrogens with zero attached hydrogens (tertiary/aromatic N) is 4. The minimum absolute atomic E-state index is 0. The van der Waals surface area contributed by atoms with Crippen molar-refractivity contribution in [2.75, 3.05) is 46.4 Å². The number of halogens is 4. The molecule has 0 bridgehead atoms. The fraction of sp³-hybridized carbons (Fsp3) is 0.282. The van der Waals surface area contributed by atoms with E-state index in [-0.39, 0.29) is 37.2 Å². The van der Waals surface area contributed by atoms with Crippen LogP contribution in [0.4, 0.5) is 5.69 Å². The lowest BCUT2D eigenvalue weighted by molar-refractivity contribution is 0.201. The monoisotopic (exact) mass is 772 g/mol. The van der Waals surface area contributed by atoms with E-state index >= 15 is 0 Å². The highest BCUT2D eigenvalue weighted by molar-refractivity contribution is 6.30. The van der Waals surface area contributed by atoms with E-state index in [4.69, 9.17) is 30.5 Å². The number of benzene rings is 3. The first-order valence-corrected chi connectivity index (χ1v) is 16.4. The van der Waals surface area contributed by atoms with E-state index < -0.39 is 0 Å². The molecule has 0 unspecified atom stereocenters. The number of hydrogen-bond donors (Lipinski definition) is 0. The molecule has 5 aromatic rings. The third kappa shape index (κ3) is 10.1. The van der Waals surface area contributed by atoms with Crippen molar-refractivity contribution in [2.45, 2.75) is 32.0 Å². The highest BCUT2D eigenvalue weighted by atomic mass is 35.5. The van der Waals surface area contributed by atoms with Crippen LogP contribution in [0, 0.1) is 0 Å². The summed E-state index contributed by atoms with van der Waals surface area (Å²) in [7, 11) is 6.56. The molecular formula is C39H44Cl4N4O4. The lowest BCUT2D eigenvalue weighted by Gasteiger charge is -2.40. The molecule has 272 valence electrons. The third-order valence-corrected chi connectivity index (χ3v) is 9.16. The molecule has 1 saturated heterocycles. The molecule has 0 atom stereocenters. The van der Waals surface area contributed by atoms with Crippen LogP contribution in [0.1, 0.15) is 24.0 Å². The second kappa shape index (κ2) is 19.6. The Labute approximate surface area is 324 Å². The van der Waals surface area contributed by atoms with Crippen molar-refractivity contribution in [1.29, 1.82) is 0 Å². The van der Waals surface area contributed by atoms with E-state index in [1.165, 1.54) is 16.8 Å². The third-order valence-electron chi connectivity index (χ3n) is 8.91. The molecular weight excluding hydrogens is 730 g/mol. The zero-order valence-corrected chi connectivity index (χ0v) is 32.3. The minimum atomic E-state index is 0. The largest absolute Gasteiger partial charge is 0.497 e. The highest BCUT2D eigenvalue weighted by Gasteiger charge is 2.26. The second-order valence-electron chi connectivity index (χ2n) is 11.9. The molecule has 0 amide bonds. The SMILES string of the molecule is COc1ccc(N(Cc2ccnc(-c3ccc(Cl)cc3)c2)C2CCN(Cc3ccnc(-c4cc(OC)c(OC)c(OC)c4)c3)CC2)cc1.Cl.Cl.Cl. The van der Waals surface area contributed by atoms with Gasteiger partial charge in [-0.05, 0) is 96.8 Å². The molecule has 12 heteroatoms. The van der Waals surface area contributed by atoms with Gasteiger partial charge in [-0.1, -0.05) is 23.7 Å². The smallest absolute Gasteiger partial charge is 0.203 e. The summed E-state index contributed by atoms with van der Waals surface area (Å²) in [5.74, 6) is 2.63. The number of anilines is 1. The van der Waals surface area contributed by atoms with Crippen LogP contribution < -0.4 is 23.8 Å². The van der Waals surface area contributed by atoms with Gasteiger partial charge >= 0.3 is 0 Å². The average Bonchev–Trinajstić information content (AvgIpc) is 3.14. The number of rotatable bonds is 12. The lowest BCUT2D eigenvalue weighted by atomic mass is 10.00.